The Labute approximate surface area is 175 Å². The summed E-state index contributed by atoms with van der Waals surface area (Å²) in [6.45, 7) is 1.66. The molecule has 0 bridgehead atoms. The largest absolute Gasteiger partial charge is 0.389 e. The van der Waals surface area contributed by atoms with Crippen LogP contribution >= 0.6 is 0 Å². The highest BCUT2D eigenvalue weighted by molar-refractivity contribution is 5.93. The van der Waals surface area contributed by atoms with E-state index in [0.717, 1.165) is 6.07 Å². The summed E-state index contributed by atoms with van der Waals surface area (Å²) < 4.78 is 41.7. The van der Waals surface area contributed by atoms with Crippen LogP contribution in [0.25, 0.3) is 22.2 Å². The molecule has 9 heteroatoms. The highest BCUT2D eigenvalue weighted by Gasteiger charge is 2.35. The van der Waals surface area contributed by atoms with Crippen molar-refractivity contribution >= 4 is 22.7 Å². The zero-order valence-electron chi connectivity index (χ0n) is 16.5. The zero-order valence-corrected chi connectivity index (χ0v) is 16.5. The maximum atomic E-state index is 14.4. The number of carbonyl (C=O) groups is 2. The van der Waals surface area contributed by atoms with E-state index in [1.807, 2.05) is 0 Å². The Kier molecular flexibility index (Phi) is 5.45. The molecule has 1 unspecified atom stereocenters. The van der Waals surface area contributed by atoms with Crippen molar-refractivity contribution in [2.24, 2.45) is 5.92 Å². The van der Waals surface area contributed by atoms with Gasteiger partial charge in [-0.15, -0.1) is 0 Å². The minimum Gasteiger partial charge on any atom is -0.389 e. The Morgan fingerprint density at radius 2 is 1.90 bits per heavy atom. The number of benzene rings is 2. The SMILES string of the molecule is CC(Cc1c(-c2ccc(F)cc2)[nH]c2c(F)cc(F)cc12)C(=O)N[C@@H]1C(=O)NC[C@H]1O. The molecule has 1 aliphatic heterocycles. The fourth-order valence-electron chi connectivity index (χ4n) is 3.81. The fourth-order valence-corrected chi connectivity index (χ4v) is 3.81. The van der Waals surface area contributed by atoms with Crippen molar-refractivity contribution in [1.82, 2.24) is 15.6 Å². The maximum Gasteiger partial charge on any atom is 0.245 e. The zero-order chi connectivity index (χ0) is 22.3. The molecule has 162 valence electrons. The lowest BCUT2D eigenvalue weighted by Crippen LogP contribution is -2.47. The molecule has 2 heterocycles. The van der Waals surface area contributed by atoms with Gasteiger partial charge in [0.15, 0.2) is 0 Å². The summed E-state index contributed by atoms with van der Waals surface area (Å²) >= 11 is 0. The normalized spacial score (nSPS) is 19.5. The number of halogens is 3. The van der Waals surface area contributed by atoms with Crippen LogP contribution in [-0.2, 0) is 16.0 Å². The van der Waals surface area contributed by atoms with Crippen LogP contribution in [0.4, 0.5) is 13.2 Å². The van der Waals surface area contributed by atoms with Gasteiger partial charge in [0.25, 0.3) is 0 Å². The van der Waals surface area contributed by atoms with Gasteiger partial charge < -0.3 is 20.7 Å². The molecule has 3 aromatic rings. The van der Waals surface area contributed by atoms with E-state index < -0.39 is 47.3 Å². The highest BCUT2D eigenvalue weighted by Crippen LogP contribution is 2.34. The first-order valence-electron chi connectivity index (χ1n) is 9.76. The molecule has 1 saturated heterocycles. The predicted octanol–water partition coefficient (Wildman–Crippen LogP) is 2.41. The number of aliphatic hydroxyl groups excluding tert-OH is 1. The third-order valence-corrected chi connectivity index (χ3v) is 5.47. The van der Waals surface area contributed by atoms with Gasteiger partial charge in [0.2, 0.25) is 11.8 Å². The number of nitrogens with one attached hydrogen (secondary N) is 3. The van der Waals surface area contributed by atoms with Crippen LogP contribution in [0, 0.1) is 23.4 Å². The first-order valence-corrected chi connectivity index (χ1v) is 9.76. The van der Waals surface area contributed by atoms with Crippen LogP contribution in [0.5, 0.6) is 0 Å². The summed E-state index contributed by atoms with van der Waals surface area (Å²) in [5, 5.41) is 15.1. The van der Waals surface area contributed by atoms with Gasteiger partial charge in [-0.2, -0.15) is 0 Å². The molecular weight excluding hydrogens is 411 g/mol. The van der Waals surface area contributed by atoms with Crippen molar-refractivity contribution in [3.63, 3.8) is 0 Å². The third kappa shape index (κ3) is 4.00. The molecule has 6 nitrogen and oxygen atoms in total. The molecule has 1 fully saturated rings. The van der Waals surface area contributed by atoms with Gasteiger partial charge in [-0.3, -0.25) is 9.59 Å². The summed E-state index contributed by atoms with van der Waals surface area (Å²) in [6.07, 6.45) is -0.944. The minimum atomic E-state index is -1.05. The molecular formula is C22H20F3N3O3. The molecule has 0 saturated carbocycles. The van der Waals surface area contributed by atoms with Crippen molar-refractivity contribution in [2.75, 3.05) is 6.54 Å². The molecule has 0 spiro atoms. The van der Waals surface area contributed by atoms with Crippen LogP contribution in [0.2, 0.25) is 0 Å². The second-order valence-corrected chi connectivity index (χ2v) is 7.70. The second-order valence-electron chi connectivity index (χ2n) is 7.70. The lowest BCUT2D eigenvalue weighted by atomic mass is 9.95. The molecule has 0 aliphatic carbocycles. The number of fused-ring (bicyclic) bond motifs is 1. The van der Waals surface area contributed by atoms with Crippen LogP contribution < -0.4 is 10.6 Å². The molecule has 4 rings (SSSR count). The molecule has 31 heavy (non-hydrogen) atoms. The maximum absolute atomic E-state index is 14.4. The number of amides is 2. The number of β-amino-alcohol motifs (C(OH)–C–C–N with tert-alkyl or cyclic N) is 1. The van der Waals surface area contributed by atoms with E-state index in [-0.39, 0.29) is 23.9 Å². The molecule has 1 aliphatic rings. The van der Waals surface area contributed by atoms with Crippen molar-refractivity contribution in [1.29, 1.82) is 0 Å². The van der Waals surface area contributed by atoms with E-state index in [0.29, 0.717) is 16.8 Å². The number of rotatable bonds is 5. The van der Waals surface area contributed by atoms with Gasteiger partial charge in [-0.1, -0.05) is 6.92 Å². The summed E-state index contributed by atoms with van der Waals surface area (Å²) in [5.74, 6) is -3.65. The van der Waals surface area contributed by atoms with E-state index in [2.05, 4.69) is 15.6 Å². The van der Waals surface area contributed by atoms with E-state index in [4.69, 9.17) is 0 Å². The Hall–Kier alpha value is -3.33. The third-order valence-electron chi connectivity index (χ3n) is 5.47. The quantitative estimate of drug-likeness (QED) is 0.500. The van der Waals surface area contributed by atoms with Crippen molar-refractivity contribution in [3.05, 3.63) is 59.4 Å². The van der Waals surface area contributed by atoms with Gasteiger partial charge >= 0.3 is 0 Å². The summed E-state index contributed by atoms with van der Waals surface area (Å²) in [5.41, 5.74) is 1.55. The molecule has 1 aromatic heterocycles. The first-order chi connectivity index (χ1) is 14.7. The van der Waals surface area contributed by atoms with Crippen molar-refractivity contribution in [3.8, 4) is 11.3 Å². The van der Waals surface area contributed by atoms with Gasteiger partial charge in [-0.25, -0.2) is 13.2 Å². The molecule has 4 N–H and O–H groups in total. The summed E-state index contributed by atoms with van der Waals surface area (Å²) in [6, 6.07) is 6.38. The standard InChI is InChI=1S/C22H20F3N3O3/c1-10(21(30)28-20-17(29)9-26-22(20)31)6-14-15-7-13(24)8-16(25)19(15)27-18(14)11-2-4-12(23)5-3-11/h2-5,7-8,10,17,20,27,29H,6,9H2,1H3,(H,26,31)(H,28,30)/t10?,17-,20+/m1/s1. The Morgan fingerprint density at radius 3 is 2.55 bits per heavy atom. The molecule has 3 atom stereocenters. The Bertz CT molecular complexity index is 1160. The van der Waals surface area contributed by atoms with E-state index in [9.17, 15) is 27.9 Å². The number of carbonyl (C=O) groups excluding carboxylic acids is 2. The van der Waals surface area contributed by atoms with Crippen molar-refractivity contribution < 1.29 is 27.9 Å². The van der Waals surface area contributed by atoms with Crippen LogP contribution in [0.15, 0.2) is 36.4 Å². The van der Waals surface area contributed by atoms with Gasteiger partial charge in [0.1, 0.15) is 29.6 Å². The highest BCUT2D eigenvalue weighted by atomic mass is 19.1. The Morgan fingerprint density at radius 1 is 1.19 bits per heavy atom. The monoisotopic (exact) mass is 431 g/mol. The van der Waals surface area contributed by atoms with Crippen molar-refractivity contribution in [2.45, 2.75) is 25.5 Å². The average Bonchev–Trinajstić information content (AvgIpc) is 3.23. The number of H-pyrrole nitrogens is 1. The van der Waals surface area contributed by atoms with E-state index in [1.54, 1.807) is 6.92 Å². The van der Waals surface area contributed by atoms with Crippen LogP contribution in [-0.4, -0.2) is 40.6 Å². The molecule has 2 aromatic carbocycles. The number of aliphatic hydroxyl groups is 1. The molecule has 0 radical (unpaired) electrons. The minimum absolute atomic E-state index is 0.0495. The number of hydrogen-bond acceptors (Lipinski definition) is 3. The molecule has 2 amide bonds. The topological polar surface area (TPSA) is 94.2 Å². The van der Waals surface area contributed by atoms with E-state index >= 15 is 0 Å². The number of hydrogen-bond donors (Lipinski definition) is 4. The lowest BCUT2D eigenvalue weighted by molar-refractivity contribution is -0.130. The fraction of sp³-hybridized carbons (Fsp3) is 0.273. The number of aromatic amines is 1. The van der Waals surface area contributed by atoms with Crippen LogP contribution in [0.3, 0.4) is 0 Å². The van der Waals surface area contributed by atoms with E-state index in [1.165, 1.54) is 30.3 Å². The predicted molar refractivity (Wildman–Crippen MR) is 107 cm³/mol. The van der Waals surface area contributed by atoms with Crippen LogP contribution in [0.1, 0.15) is 12.5 Å². The second kappa shape index (κ2) is 8.07. The Balaban J connectivity index is 1.69. The first kappa shape index (κ1) is 20.9. The van der Waals surface area contributed by atoms with Gasteiger partial charge in [0, 0.05) is 29.6 Å². The number of aromatic nitrogens is 1. The van der Waals surface area contributed by atoms with Gasteiger partial charge in [-0.05, 0) is 47.9 Å². The lowest BCUT2D eigenvalue weighted by Gasteiger charge is -2.18. The summed E-state index contributed by atoms with van der Waals surface area (Å²) in [7, 11) is 0. The average molecular weight is 431 g/mol. The smallest absolute Gasteiger partial charge is 0.245 e. The summed E-state index contributed by atoms with van der Waals surface area (Å²) in [4.78, 5) is 27.4. The van der Waals surface area contributed by atoms with Gasteiger partial charge in [0.05, 0.1) is 5.52 Å².